The number of carbonyl (C=O) groups is 1. The Kier molecular flexibility index (Phi) is 7.52. The molecule has 1 fully saturated rings. The second kappa shape index (κ2) is 11.4. The number of halogens is 1. The number of ether oxygens (including phenoxy) is 1. The van der Waals surface area contributed by atoms with Crippen LogP contribution in [0.2, 0.25) is 5.02 Å². The molecule has 3 aromatic carbocycles. The van der Waals surface area contributed by atoms with Crippen molar-refractivity contribution in [3.05, 3.63) is 112 Å². The third-order valence-corrected chi connectivity index (χ3v) is 8.16. The highest BCUT2D eigenvalue weighted by molar-refractivity contribution is 6.30. The Morgan fingerprint density at radius 2 is 1.59 bits per heavy atom. The van der Waals surface area contributed by atoms with Crippen LogP contribution in [0.4, 0.5) is 0 Å². The van der Waals surface area contributed by atoms with Crippen molar-refractivity contribution in [3.63, 3.8) is 0 Å². The first-order valence-corrected chi connectivity index (χ1v) is 14.3. The molecule has 2 aromatic heterocycles. The molecular weight excluding hydrogens is 532 g/mol. The summed E-state index contributed by atoms with van der Waals surface area (Å²) in [6.45, 7) is 7.91. The van der Waals surface area contributed by atoms with Crippen molar-refractivity contribution < 1.29 is 9.53 Å². The molecule has 6 rings (SSSR count). The van der Waals surface area contributed by atoms with Gasteiger partial charge in [-0.3, -0.25) is 9.69 Å². The van der Waals surface area contributed by atoms with Gasteiger partial charge in [-0.2, -0.15) is 0 Å². The van der Waals surface area contributed by atoms with E-state index in [0.29, 0.717) is 23.7 Å². The molecule has 0 aliphatic carbocycles. The van der Waals surface area contributed by atoms with Crippen molar-refractivity contribution in [1.29, 1.82) is 0 Å². The van der Waals surface area contributed by atoms with Gasteiger partial charge in [-0.25, -0.2) is 4.98 Å². The largest absolute Gasteiger partial charge is 0.497 e. The molecule has 1 saturated heterocycles. The predicted octanol–water partition coefficient (Wildman–Crippen LogP) is 6.91. The van der Waals surface area contributed by atoms with Crippen molar-refractivity contribution in [2.75, 3.05) is 33.3 Å². The summed E-state index contributed by atoms with van der Waals surface area (Å²) in [6, 6.07) is 26.0. The maximum atomic E-state index is 13.1. The maximum Gasteiger partial charge on any atom is 0.253 e. The molecule has 7 heteroatoms. The van der Waals surface area contributed by atoms with E-state index in [1.807, 2.05) is 53.4 Å². The second-order valence-electron chi connectivity index (χ2n) is 10.7. The molecule has 0 saturated carbocycles. The van der Waals surface area contributed by atoms with Gasteiger partial charge in [0.15, 0.2) is 0 Å². The minimum atomic E-state index is 0.0575. The topological polar surface area (TPSA) is 50.1 Å². The fourth-order valence-electron chi connectivity index (χ4n) is 5.53. The first kappa shape index (κ1) is 27.1. The molecule has 1 aliphatic rings. The Bertz CT molecular complexity index is 1700. The second-order valence-corrected chi connectivity index (χ2v) is 11.1. The van der Waals surface area contributed by atoms with E-state index in [-0.39, 0.29) is 5.91 Å². The summed E-state index contributed by atoms with van der Waals surface area (Å²) in [5.74, 6) is 0.804. The van der Waals surface area contributed by atoms with Gasteiger partial charge in [0.25, 0.3) is 5.91 Å². The molecule has 0 N–H and O–H groups in total. The van der Waals surface area contributed by atoms with Gasteiger partial charge in [0.05, 0.1) is 18.5 Å². The number of pyridine rings is 1. The third kappa shape index (κ3) is 5.58. The summed E-state index contributed by atoms with van der Waals surface area (Å²) in [4.78, 5) is 22.5. The molecule has 1 amide bonds. The van der Waals surface area contributed by atoms with Gasteiger partial charge in [-0.1, -0.05) is 47.5 Å². The van der Waals surface area contributed by atoms with Crippen LogP contribution in [0.3, 0.4) is 0 Å². The zero-order valence-electron chi connectivity index (χ0n) is 23.6. The first-order chi connectivity index (χ1) is 19.9. The molecule has 3 heterocycles. The molecule has 0 bridgehead atoms. The summed E-state index contributed by atoms with van der Waals surface area (Å²) in [5, 5.41) is 0.703. The maximum absolute atomic E-state index is 13.1. The summed E-state index contributed by atoms with van der Waals surface area (Å²) < 4.78 is 7.47. The van der Waals surface area contributed by atoms with Crippen molar-refractivity contribution >= 4 is 23.2 Å². The van der Waals surface area contributed by atoms with E-state index in [1.165, 1.54) is 16.7 Å². The molecule has 41 heavy (non-hydrogen) atoms. The lowest BCUT2D eigenvalue weighted by molar-refractivity contribution is 0.0627. The standard InChI is InChI=1S/C34H33ClN4O2/c1-23-4-5-24(2)30(20-23)27-10-15-32-36-33(25-6-11-28(35)12-7-25)31(39(32)21-27)22-37-16-18-38(19-17-37)34(40)26-8-13-29(41-3)14-9-26/h4-15,20-21H,16-19,22H2,1-3H3. The van der Waals surface area contributed by atoms with Crippen molar-refractivity contribution in [1.82, 2.24) is 19.2 Å². The first-order valence-electron chi connectivity index (χ1n) is 13.9. The predicted molar refractivity (Wildman–Crippen MR) is 165 cm³/mol. The van der Waals surface area contributed by atoms with Crippen LogP contribution in [0.15, 0.2) is 85.1 Å². The molecule has 0 radical (unpaired) electrons. The van der Waals surface area contributed by atoms with Gasteiger partial charge < -0.3 is 14.0 Å². The lowest BCUT2D eigenvalue weighted by atomic mass is 10.00. The summed E-state index contributed by atoms with van der Waals surface area (Å²) in [7, 11) is 1.63. The molecular formula is C34H33ClN4O2. The van der Waals surface area contributed by atoms with Crippen LogP contribution in [-0.2, 0) is 6.54 Å². The van der Waals surface area contributed by atoms with E-state index in [1.54, 1.807) is 7.11 Å². The van der Waals surface area contributed by atoms with Gasteiger partial charge in [-0.05, 0) is 79.1 Å². The highest BCUT2D eigenvalue weighted by Gasteiger charge is 2.25. The van der Waals surface area contributed by atoms with Crippen molar-refractivity contribution in [2.24, 2.45) is 0 Å². The van der Waals surface area contributed by atoms with Crippen LogP contribution < -0.4 is 4.74 Å². The number of hydrogen-bond acceptors (Lipinski definition) is 4. The Hall–Kier alpha value is -4.13. The van der Waals surface area contributed by atoms with Crippen LogP contribution in [0.1, 0.15) is 27.2 Å². The monoisotopic (exact) mass is 564 g/mol. The fourth-order valence-corrected chi connectivity index (χ4v) is 5.65. The molecule has 208 valence electrons. The molecule has 6 nitrogen and oxygen atoms in total. The number of benzene rings is 3. The van der Waals surface area contributed by atoms with Crippen molar-refractivity contribution in [3.8, 4) is 28.1 Å². The van der Waals surface area contributed by atoms with Crippen LogP contribution in [-0.4, -0.2) is 58.4 Å². The number of carbonyl (C=O) groups excluding carboxylic acids is 1. The van der Waals surface area contributed by atoms with E-state index in [0.717, 1.165) is 53.5 Å². The van der Waals surface area contributed by atoms with Crippen LogP contribution in [0, 0.1) is 13.8 Å². The van der Waals surface area contributed by atoms with Crippen molar-refractivity contribution in [2.45, 2.75) is 20.4 Å². The Balaban J connectivity index is 1.29. The van der Waals surface area contributed by atoms with Gasteiger partial charge in [0, 0.05) is 55.1 Å². The summed E-state index contributed by atoms with van der Waals surface area (Å²) >= 11 is 6.22. The normalized spacial score (nSPS) is 14.0. The Labute approximate surface area is 245 Å². The fraction of sp³-hybridized carbons (Fsp3) is 0.235. The smallest absolute Gasteiger partial charge is 0.253 e. The van der Waals surface area contributed by atoms with E-state index < -0.39 is 0 Å². The van der Waals surface area contributed by atoms with Crippen LogP contribution in [0.25, 0.3) is 28.0 Å². The minimum absolute atomic E-state index is 0.0575. The number of fused-ring (bicyclic) bond motifs is 1. The lowest BCUT2D eigenvalue weighted by Gasteiger charge is -2.34. The Morgan fingerprint density at radius 1 is 0.878 bits per heavy atom. The van der Waals surface area contributed by atoms with Gasteiger partial charge in [0.1, 0.15) is 11.4 Å². The highest BCUT2D eigenvalue weighted by Crippen LogP contribution is 2.31. The number of nitrogens with zero attached hydrogens (tertiary/aromatic N) is 4. The van der Waals surface area contributed by atoms with E-state index >= 15 is 0 Å². The van der Waals surface area contributed by atoms with Crippen LogP contribution >= 0.6 is 11.6 Å². The van der Waals surface area contributed by atoms with Gasteiger partial charge in [0.2, 0.25) is 0 Å². The van der Waals surface area contributed by atoms with E-state index in [4.69, 9.17) is 21.3 Å². The lowest BCUT2D eigenvalue weighted by Crippen LogP contribution is -2.48. The zero-order chi connectivity index (χ0) is 28.5. The molecule has 0 spiro atoms. The minimum Gasteiger partial charge on any atom is -0.497 e. The number of piperazine rings is 1. The molecule has 0 atom stereocenters. The van der Waals surface area contributed by atoms with E-state index in [9.17, 15) is 4.79 Å². The quantitative estimate of drug-likeness (QED) is 0.225. The highest BCUT2D eigenvalue weighted by atomic mass is 35.5. The number of methoxy groups -OCH3 is 1. The van der Waals surface area contributed by atoms with Gasteiger partial charge >= 0.3 is 0 Å². The zero-order valence-corrected chi connectivity index (χ0v) is 24.4. The average Bonchev–Trinajstić information content (AvgIpc) is 3.36. The number of rotatable bonds is 6. The summed E-state index contributed by atoms with van der Waals surface area (Å²) in [5.41, 5.74) is 9.58. The summed E-state index contributed by atoms with van der Waals surface area (Å²) in [6.07, 6.45) is 2.21. The molecule has 0 unspecified atom stereocenters. The number of amides is 1. The Morgan fingerprint density at radius 3 is 2.29 bits per heavy atom. The van der Waals surface area contributed by atoms with Gasteiger partial charge in [-0.15, -0.1) is 0 Å². The number of imidazole rings is 1. The molecule has 5 aromatic rings. The van der Waals surface area contributed by atoms with Crippen LogP contribution in [0.5, 0.6) is 5.75 Å². The molecule has 1 aliphatic heterocycles. The number of hydrogen-bond donors (Lipinski definition) is 0. The number of aryl methyl sites for hydroxylation is 2. The van der Waals surface area contributed by atoms with E-state index in [2.05, 4.69) is 59.7 Å². The third-order valence-electron chi connectivity index (χ3n) is 7.91. The SMILES string of the molecule is COc1ccc(C(=O)N2CCN(Cc3c(-c4ccc(Cl)cc4)nc4ccc(-c5cc(C)ccc5C)cn34)CC2)cc1. The average molecular weight is 565 g/mol. The number of aromatic nitrogens is 2.